The van der Waals surface area contributed by atoms with Gasteiger partial charge in [0, 0.05) is 0 Å². The van der Waals surface area contributed by atoms with Gasteiger partial charge >= 0.3 is 5.97 Å². The van der Waals surface area contributed by atoms with Crippen molar-refractivity contribution >= 4 is 34.0 Å². The quantitative estimate of drug-likeness (QED) is 0.537. The van der Waals surface area contributed by atoms with Crippen LogP contribution in [0.2, 0.25) is 0 Å². The fraction of sp³-hybridized carbons (Fsp3) is 0.190. The van der Waals surface area contributed by atoms with E-state index in [2.05, 4.69) is 9.97 Å². The number of benzene rings is 2. The Kier molecular flexibility index (Phi) is 4.43. The number of hydrogen-bond acceptors (Lipinski definition) is 5. The lowest BCUT2D eigenvalue weighted by Gasteiger charge is -2.11. The van der Waals surface area contributed by atoms with Crippen molar-refractivity contribution in [3.05, 3.63) is 59.9 Å². The molecule has 0 fully saturated rings. The summed E-state index contributed by atoms with van der Waals surface area (Å²) in [5.74, 6) is -0.878. The molecule has 2 heterocycles. The third-order valence-corrected chi connectivity index (χ3v) is 4.65. The van der Waals surface area contributed by atoms with E-state index in [1.165, 1.54) is 16.7 Å². The van der Waals surface area contributed by atoms with Crippen molar-refractivity contribution in [3.8, 4) is 5.69 Å². The molecule has 2 aromatic heterocycles. The summed E-state index contributed by atoms with van der Waals surface area (Å²) in [5, 5.41) is 0. The molecule has 6 nitrogen and oxygen atoms in total. The molecule has 2 aromatic carbocycles. The summed E-state index contributed by atoms with van der Waals surface area (Å²) < 4.78 is 20.9. The van der Waals surface area contributed by atoms with Gasteiger partial charge in [0.05, 0.1) is 22.8 Å². The molecular weight excluding hydrogens is 359 g/mol. The Bertz CT molecular complexity index is 1200. The van der Waals surface area contributed by atoms with Crippen molar-refractivity contribution in [1.82, 2.24) is 14.5 Å². The maximum atomic E-state index is 13.8. The number of nitrogen functional groups attached to an aromatic ring is 1. The Morgan fingerprint density at radius 2 is 1.89 bits per heavy atom. The smallest absolute Gasteiger partial charge is 0.344 e. The van der Waals surface area contributed by atoms with E-state index in [4.69, 9.17) is 10.5 Å². The second kappa shape index (κ2) is 6.92. The van der Waals surface area contributed by atoms with Gasteiger partial charge in [-0.1, -0.05) is 25.1 Å². The van der Waals surface area contributed by atoms with Crippen molar-refractivity contribution in [2.75, 3.05) is 5.73 Å². The molecule has 0 amide bonds. The van der Waals surface area contributed by atoms with E-state index < -0.39 is 11.8 Å². The summed E-state index contributed by atoms with van der Waals surface area (Å²) in [6.45, 7) is 3.73. The highest BCUT2D eigenvalue weighted by atomic mass is 19.1. The lowest BCUT2D eigenvalue weighted by atomic mass is 10.2. The standard InChI is InChI=1S/C21H19FN4O2/c1-3-12(2)28-21(27)17-18-20(25-16-10-5-4-9-15(16)24-18)26(19(17)23)14-8-6-7-13(22)11-14/h4-12H,3,23H2,1-2H3/t12-/m1/s1. The van der Waals surface area contributed by atoms with Gasteiger partial charge in [-0.3, -0.25) is 4.57 Å². The molecule has 0 aliphatic heterocycles. The van der Waals surface area contributed by atoms with Crippen LogP contribution in [0.15, 0.2) is 48.5 Å². The molecule has 4 rings (SSSR count). The summed E-state index contributed by atoms with van der Waals surface area (Å²) in [6.07, 6.45) is 0.399. The number of nitrogens with zero attached hydrogens (tertiary/aromatic N) is 3. The Balaban J connectivity index is 2.04. The molecule has 0 bridgehead atoms. The van der Waals surface area contributed by atoms with Crippen molar-refractivity contribution in [3.63, 3.8) is 0 Å². The van der Waals surface area contributed by atoms with Gasteiger partial charge in [-0.25, -0.2) is 19.2 Å². The van der Waals surface area contributed by atoms with E-state index in [1.807, 2.05) is 25.1 Å². The normalized spacial score (nSPS) is 12.4. The molecule has 0 spiro atoms. The number of para-hydroxylation sites is 2. The molecule has 4 aromatic rings. The van der Waals surface area contributed by atoms with E-state index in [9.17, 15) is 9.18 Å². The predicted molar refractivity (Wildman–Crippen MR) is 106 cm³/mol. The van der Waals surface area contributed by atoms with Crippen LogP contribution in [-0.2, 0) is 4.74 Å². The number of carbonyl (C=O) groups excluding carboxylic acids is 1. The summed E-state index contributed by atoms with van der Waals surface area (Å²) in [7, 11) is 0. The maximum absolute atomic E-state index is 13.8. The third kappa shape index (κ3) is 2.94. The van der Waals surface area contributed by atoms with Gasteiger partial charge in [-0.05, 0) is 43.7 Å². The van der Waals surface area contributed by atoms with Crippen molar-refractivity contribution in [2.24, 2.45) is 0 Å². The van der Waals surface area contributed by atoms with Crippen LogP contribution in [-0.4, -0.2) is 26.6 Å². The van der Waals surface area contributed by atoms with Crippen LogP contribution in [0.25, 0.3) is 27.9 Å². The summed E-state index contributed by atoms with van der Waals surface area (Å²) >= 11 is 0. The Hall–Kier alpha value is -3.48. The maximum Gasteiger partial charge on any atom is 0.344 e. The second-order valence-electron chi connectivity index (χ2n) is 6.58. The monoisotopic (exact) mass is 378 g/mol. The number of halogens is 1. The first-order chi connectivity index (χ1) is 13.5. The number of hydrogen-bond donors (Lipinski definition) is 1. The Morgan fingerprint density at radius 1 is 1.18 bits per heavy atom. The summed E-state index contributed by atoms with van der Waals surface area (Å²) in [5.41, 5.74) is 8.90. The molecule has 7 heteroatoms. The molecule has 0 unspecified atom stereocenters. The largest absolute Gasteiger partial charge is 0.459 e. The lowest BCUT2D eigenvalue weighted by Crippen LogP contribution is -2.15. The number of carbonyl (C=O) groups is 1. The highest BCUT2D eigenvalue weighted by Crippen LogP contribution is 2.32. The Morgan fingerprint density at radius 3 is 2.57 bits per heavy atom. The van der Waals surface area contributed by atoms with E-state index in [1.54, 1.807) is 25.1 Å². The van der Waals surface area contributed by atoms with Crippen LogP contribution in [0.3, 0.4) is 0 Å². The number of ether oxygens (including phenoxy) is 1. The fourth-order valence-corrected chi connectivity index (χ4v) is 3.06. The average Bonchev–Trinajstić information content (AvgIpc) is 2.96. The number of nitrogens with two attached hydrogens (primary N) is 1. The van der Waals surface area contributed by atoms with Gasteiger partial charge in [0.15, 0.2) is 5.65 Å². The van der Waals surface area contributed by atoms with Crippen LogP contribution >= 0.6 is 0 Å². The van der Waals surface area contributed by atoms with Crippen molar-refractivity contribution in [2.45, 2.75) is 26.4 Å². The third-order valence-electron chi connectivity index (χ3n) is 4.65. The first-order valence-corrected chi connectivity index (χ1v) is 9.03. The second-order valence-corrected chi connectivity index (χ2v) is 6.58. The molecule has 0 saturated heterocycles. The molecule has 0 radical (unpaired) electrons. The zero-order chi connectivity index (χ0) is 19.8. The number of rotatable bonds is 4. The van der Waals surface area contributed by atoms with Gasteiger partial charge in [-0.2, -0.15) is 0 Å². The van der Waals surface area contributed by atoms with Gasteiger partial charge in [0.2, 0.25) is 0 Å². The summed E-state index contributed by atoms with van der Waals surface area (Å²) in [6, 6.07) is 13.2. The van der Waals surface area contributed by atoms with Crippen molar-refractivity contribution < 1.29 is 13.9 Å². The van der Waals surface area contributed by atoms with Crippen LogP contribution in [0, 0.1) is 5.82 Å². The highest BCUT2D eigenvalue weighted by Gasteiger charge is 2.26. The van der Waals surface area contributed by atoms with Crippen LogP contribution in [0.1, 0.15) is 30.6 Å². The van der Waals surface area contributed by atoms with E-state index in [-0.39, 0.29) is 17.5 Å². The molecule has 142 valence electrons. The van der Waals surface area contributed by atoms with E-state index in [0.717, 1.165) is 0 Å². The number of esters is 1. The lowest BCUT2D eigenvalue weighted by molar-refractivity contribution is 0.0338. The van der Waals surface area contributed by atoms with Gasteiger partial charge in [0.1, 0.15) is 22.7 Å². The van der Waals surface area contributed by atoms with Gasteiger partial charge in [-0.15, -0.1) is 0 Å². The van der Waals surface area contributed by atoms with E-state index in [0.29, 0.717) is 34.3 Å². The van der Waals surface area contributed by atoms with Gasteiger partial charge < -0.3 is 10.5 Å². The van der Waals surface area contributed by atoms with Crippen LogP contribution < -0.4 is 5.73 Å². The molecule has 0 saturated carbocycles. The predicted octanol–water partition coefficient (Wildman–Crippen LogP) is 4.25. The number of anilines is 1. The molecule has 2 N–H and O–H groups in total. The van der Waals surface area contributed by atoms with Gasteiger partial charge in [0.25, 0.3) is 0 Å². The topological polar surface area (TPSA) is 83.0 Å². The minimum atomic E-state index is -0.573. The number of aromatic nitrogens is 3. The van der Waals surface area contributed by atoms with Crippen LogP contribution in [0.5, 0.6) is 0 Å². The molecule has 1 atom stereocenters. The van der Waals surface area contributed by atoms with Crippen LogP contribution in [0.4, 0.5) is 10.2 Å². The number of fused-ring (bicyclic) bond motifs is 2. The molecule has 0 aliphatic carbocycles. The minimum absolute atomic E-state index is 0.115. The zero-order valence-corrected chi connectivity index (χ0v) is 15.5. The van der Waals surface area contributed by atoms with E-state index >= 15 is 0 Å². The summed E-state index contributed by atoms with van der Waals surface area (Å²) in [4.78, 5) is 22.1. The SMILES string of the molecule is CC[C@@H](C)OC(=O)c1c(N)n(-c2cccc(F)c2)c2nc3ccccc3nc12. The first-order valence-electron chi connectivity index (χ1n) is 9.03. The Labute approximate surface area is 160 Å². The first kappa shape index (κ1) is 17.9. The average molecular weight is 378 g/mol. The minimum Gasteiger partial charge on any atom is -0.459 e. The van der Waals surface area contributed by atoms with Crippen molar-refractivity contribution in [1.29, 1.82) is 0 Å². The molecule has 28 heavy (non-hydrogen) atoms. The molecular formula is C21H19FN4O2. The fourth-order valence-electron chi connectivity index (χ4n) is 3.06. The molecule has 0 aliphatic rings. The highest BCUT2D eigenvalue weighted by molar-refractivity contribution is 6.09. The zero-order valence-electron chi connectivity index (χ0n) is 15.5.